The van der Waals surface area contributed by atoms with Crippen LogP contribution in [0.25, 0.3) is 10.9 Å². The molecule has 0 unspecified atom stereocenters. The lowest BCUT2D eigenvalue weighted by molar-refractivity contribution is 0.100. The molecule has 0 saturated heterocycles. The quantitative estimate of drug-likeness (QED) is 0.383. The average molecular weight is 449 g/mol. The number of anilines is 2. The van der Waals surface area contributed by atoms with Crippen LogP contribution in [0.3, 0.4) is 0 Å². The number of aromatic nitrogens is 1. The van der Waals surface area contributed by atoms with Crippen LogP contribution in [-0.4, -0.2) is 31.5 Å². The molecule has 1 aromatic heterocycles. The Morgan fingerprint density at radius 1 is 1.03 bits per heavy atom. The summed E-state index contributed by atoms with van der Waals surface area (Å²) >= 11 is 0. The fraction of sp³-hybridized carbons (Fsp3) is 0.0435. The highest BCUT2D eigenvalue weighted by molar-refractivity contribution is 7.91. The number of phenols is 1. The lowest BCUT2D eigenvalue weighted by Crippen LogP contribution is -2.14. The zero-order valence-corrected chi connectivity index (χ0v) is 17.8. The topological polar surface area (TPSA) is 132 Å². The first-order valence-electron chi connectivity index (χ1n) is 9.48. The van der Waals surface area contributed by atoms with E-state index in [-0.39, 0.29) is 26.9 Å². The summed E-state index contributed by atoms with van der Waals surface area (Å²) in [5.74, 6) is -0.561. The molecule has 32 heavy (non-hydrogen) atoms. The number of nitrogens with zero attached hydrogens (tertiary/aromatic N) is 1. The van der Waals surface area contributed by atoms with Gasteiger partial charge in [-0.15, -0.1) is 0 Å². The molecule has 0 fully saturated rings. The minimum atomic E-state index is -3.79. The van der Waals surface area contributed by atoms with Crippen molar-refractivity contribution < 1.29 is 23.1 Å². The normalized spacial score (nSPS) is 11.3. The molecule has 4 rings (SSSR count). The summed E-state index contributed by atoms with van der Waals surface area (Å²) in [5.41, 5.74) is 6.89. The molecular weight excluding hydrogens is 430 g/mol. The SMILES string of the molecule is COc1cc(Nc2c(C(N)=O)cnc3ccc(S(=O)(=O)c4ccccc4)cc23)ccc1O. The number of nitrogens with one attached hydrogen (secondary N) is 1. The zero-order chi connectivity index (χ0) is 22.9. The van der Waals surface area contributed by atoms with Gasteiger partial charge in [0.25, 0.3) is 5.91 Å². The highest BCUT2D eigenvalue weighted by atomic mass is 32.2. The number of benzene rings is 3. The van der Waals surface area contributed by atoms with Gasteiger partial charge >= 0.3 is 0 Å². The fourth-order valence-electron chi connectivity index (χ4n) is 3.30. The number of aromatic hydroxyl groups is 1. The Morgan fingerprint density at radius 3 is 2.47 bits per heavy atom. The molecule has 4 aromatic rings. The standard InChI is InChI=1S/C23H19N3O5S/c1-31-21-11-14(7-10-20(21)27)26-22-17-12-16(32(29,30)15-5-3-2-4-6-15)8-9-19(17)25-13-18(22)23(24)28/h2-13,27H,1H3,(H2,24,28)(H,25,26). The molecule has 0 bridgehead atoms. The van der Waals surface area contributed by atoms with Gasteiger partial charge in [0.2, 0.25) is 9.84 Å². The van der Waals surface area contributed by atoms with E-state index in [4.69, 9.17) is 10.5 Å². The minimum Gasteiger partial charge on any atom is -0.504 e. The molecule has 0 aliphatic rings. The molecule has 9 heteroatoms. The van der Waals surface area contributed by atoms with Crippen molar-refractivity contribution in [3.05, 3.63) is 78.5 Å². The van der Waals surface area contributed by atoms with Crippen LogP contribution in [0.2, 0.25) is 0 Å². The number of rotatable bonds is 6. The van der Waals surface area contributed by atoms with Crippen molar-refractivity contribution in [3.8, 4) is 11.5 Å². The van der Waals surface area contributed by atoms with E-state index in [1.54, 1.807) is 30.3 Å². The minimum absolute atomic E-state index is 0.0472. The van der Waals surface area contributed by atoms with E-state index in [1.165, 1.54) is 49.7 Å². The monoisotopic (exact) mass is 449 g/mol. The van der Waals surface area contributed by atoms with E-state index in [2.05, 4.69) is 10.3 Å². The first-order chi connectivity index (χ1) is 15.3. The van der Waals surface area contributed by atoms with E-state index in [0.717, 1.165) is 0 Å². The maximum Gasteiger partial charge on any atom is 0.252 e. The van der Waals surface area contributed by atoms with Crippen molar-refractivity contribution in [1.82, 2.24) is 4.98 Å². The first-order valence-corrected chi connectivity index (χ1v) is 11.0. The summed E-state index contributed by atoms with van der Waals surface area (Å²) in [7, 11) is -2.38. The summed E-state index contributed by atoms with van der Waals surface area (Å²) in [6.07, 6.45) is 1.33. The predicted molar refractivity (Wildman–Crippen MR) is 120 cm³/mol. The molecular formula is C23H19N3O5S. The third-order valence-corrected chi connectivity index (χ3v) is 6.69. The molecule has 0 atom stereocenters. The van der Waals surface area contributed by atoms with Crippen LogP contribution in [-0.2, 0) is 9.84 Å². The third kappa shape index (κ3) is 3.81. The molecule has 3 aromatic carbocycles. The summed E-state index contributed by atoms with van der Waals surface area (Å²) < 4.78 is 31.3. The first kappa shape index (κ1) is 21.1. The smallest absolute Gasteiger partial charge is 0.252 e. The molecule has 4 N–H and O–H groups in total. The summed E-state index contributed by atoms with van der Waals surface area (Å²) in [6, 6.07) is 17.1. The second-order valence-electron chi connectivity index (χ2n) is 6.92. The zero-order valence-electron chi connectivity index (χ0n) is 16.9. The van der Waals surface area contributed by atoms with Crippen LogP contribution < -0.4 is 15.8 Å². The van der Waals surface area contributed by atoms with Crippen LogP contribution in [0.4, 0.5) is 11.4 Å². The van der Waals surface area contributed by atoms with Gasteiger partial charge in [-0.25, -0.2) is 8.42 Å². The predicted octanol–water partition coefficient (Wildman–Crippen LogP) is 3.62. The average Bonchev–Trinajstić information content (AvgIpc) is 2.80. The number of phenolic OH excluding ortho intramolecular Hbond substituents is 1. The molecule has 162 valence electrons. The van der Waals surface area contributed by atoms with Gasteiger partial charge in [-0.3, -0.25) is 9.78 Å². The van der Waals surface area contributed by atoms with Gasteiger partial charge in [0, 0.05) is 23.3 Å². The molecule has 1 heterocycles. The van der Waals surface area contributed by atoms with E-state index < -0.39 is 15.7 Å². The van der Waals surface area contributed by atoms with Crippen molar-refractivity contribution in [3.63, 3.8) is 0 Å². The van der Waals surface area contributed by atoms with Gasteiger partial charge < -0.3 is 20.9 Å². The third-order valence-electron chi connectivity index (χ3n) is 4.92. The van der Waals surface area contributed by atoms with Crippen molar-refractivity contribution in [2.45, 2.75) is 9.79 Å². The molecule has 0 radical (unpaired) electrons. The number of carbonyl (C=O) groups is 1. The fourth-order valence-corrected chi connectivity index (χ4v) is 4.60. The van der Waals surface area contributed by atoms with Gasteiger partial charge in [0.05, 0.1) is 33.7 Å². The largest absolute Gasteiger partial charge is 0.504 e. The van der Waals surface area contributed by atoms with Gasteiger partial charge in [-0.2, -0.15) is 0 Å². The maximum absolute atomic E-state index is 13.1. The molecule has 0 aliphatic heterocycles. The number of pyridine rings is 1. The Labute approximate surface area is 184 Å². The Bertz CT molecular complexity index is 1440. The molecule has 8 nitrogen and oxygen atoms in total. The van der Waals surface area contributed by atoms with Gasteiger partial charge in [-0.05, 0) is 42.5 Å². The number of primary amides is 1. The number of methoxy groups -OCH3 is 1. The Hall–Kier alpha value is -4.11. The van der Waals surface area contributed by atoms with Crippen LogP contribution in [0.1, 0.15) is 10.4 Å². The summed E-state index contributed by atoms with van der Waals surface area (Å²) in [5, 5.41) is 13.3. The molecule has 0 aliphatic carbocycles. The molecule has 0 spiro atoms. The van der Waals surface area contributed by atoms with E-state index in [9.17, 15) is 18.3 Å². The highest BCUT2D eigenvalue weighted by Crippen LogP contribution is 2.35. The van der Waals surface area contributed by atoms with Gasteiger partial charge in [-0.1, -0.05) is 18.2 Å². The van der Waals surface area contributed by atoms with Crippen LogP contribution in [0.15, 0.2) is 82.7 Å². The summed E-state index contributed by atoms with van der Waals surface area (Å²) in [6.45, 7) is 0. The summed E-state index contributed by atoms with van der Waals surface area (Å²) in [4.78, 5) is 16.5. The number of hydrogen-bond donors (Lipinski definition) is 3. The van der Waals surface area contributed by atoms with Crippen molar-refractivity contribution >= 4 is 38.0 Å². The van der Waals surface area contributed by atoms with Crippen molar-refractivity contribution in [1.29, 1.82) is 0 Å². The number of sulfone groups is 1. The Kier molecular flexibility index (Phi) is 5.41. The second kappa shape index (κ2) is 8.20. The number of ether oxygens (including phenoxy) is 1. The van der Waals surface area contributed by atoms with Crippen LogP contribution >= 0.6 is 0 Å². The van der Waals surface area contributed by atoms with Crippen molar-refractivity contribution in [2.75, 3.05) is 12.4 Å². The Morgan fingerprint density at radius 2 is 1.78 bits per heavy atom. The number of nitrogens with two attached hydrogens (primary N) is 1. The number of amides is 1. The van der Waals surface area contributed by atoms with E-state index in [0.29, 0.717) is 22.3 Å². The lowest BCUT2D eigenvalue weighted by atomic mass is 10.1. The van der Waals surface area contributed by atoms with Crippen LogP contribution in [0.5, 0.6) is 11.5 Å². The van der Waals surface area contributed by atoms with Gasteiger partial charge in [0.1, 0.15) is 0 Å². The lowest BCUT2D eigenvalue weighted by Gasteiger charge is -2.15. The number of carbonyl (C=O) groups excluding carboxylic acids is 1. The number of hydrogen-bond acceptors (Lipinski definition) is 7. The maximum atomic E-state index is 13.1. The van der Waals surface area contributed by atoms with Gasteiger partial charge in [0.15, 0.2) is 11.5 Å². The van der Waals surface area contributed by atoms with E-state index >= 15 is 0 Å². The molecule has 0 saturated carbocycles. The second-order valence-corrected chi connectivity index (χ2v) is 8.87. The molecule has 1 amide bonds. The Balaban J connectivity index is 1.91. The highest BCUT2D eigenvalue weighted by Gasteiger charge is 2.20. The van der Waals surface area contributed by atoms with Crippen LogP contribution in [0, 0.1) is 0 Å². The number of fused-ring (bicyclic) bond motifs is 1. The van der Waals surface area contributed by atoms with E-state index in [1.807, 2.05) is 0 Å². The van der Waals surface area contributed by atoms with Crippen molar-refractivity contribution in [2.24, 2.45) is 5.73 Å².